The average molecular weight is 260 g/mol. The summed E-state index contributed by atoms with van der Waals surface area (Å²) in [6.45, 7) is 5.86. The molecule has 0 aliphatic rings. The maximum absolute atomic E-state index is 7.09. The van der Waals surface area contributed by atoms with Crippen LogP contribution in [0, 0.1) is 5.41 Å². The number of rotatable bonds is 2. The average Bonchev–Trinajstić information content (AvgIpc) is 1.69. The molecule has 1 N–H and O–H groups in total. The lowest BCUT2D eigenvalue weighted by Gasteiger charge is -2.16. The summed E-state index contributed by atoms with van der Waals surface area (Å²) in [5.41, 5.74) is 0. The maximum Gasteiger partial charge on any atom is 0.165 e. The molecule has 0 bridgehead atoms. The summed E-state index contributed by atoms with van der Waals surface area (Å²) in [5.74, 6) is 0. The quantitative estimate of drug-likeness (QED) is 0.460. The number of halogens is 2. The molecule has 0 spiro atoms. The van der Waals surface area contributed by atoms with Crippen molar-refractivity contribution in [2.75, 3.05) is 13.1 Å². The smallest absolute Gasteiger partial charge is 0.165 e. The summed E-state index contributed by atoms with van der Waals surface area (Å²) < 4.78 is 0.475. The van der Waals surface area contributed by atoms with Crippen molar-refractivity contribution in [1.29, 1.82) is 5.41 Å². The molecule has 0 unspecified atom stereocenters. The van der Waals surface area contributed by atoms with Crippen molar-refractivity contribution >= 4 is 37.7 Å². The molecular weight excluding hydrogens is 248 g/mol. The molecule has 0 fully saturated rings. The fraction of sp³-hybridized carbons (Fsp3) is 0.800. The van der Waals surface area contributed by atoms with Gasteiger partial charge in [0.2, 0.25) is 0 Å². The van der Waals surface area contributed by atoms with E-state index < -0.39 is 0 Å². The van der Waals surface area contributed by atoms with Crippen LogP contribution in [-0.2, 0) is 0 Å². The fourth-order valence-corrected chi connectivity index (χ4v) is 1.00. The minimum absolute atomic E-state index is 0. The zero-order chi connectivity index (χ0) is 6.57. The Labute approximate surface area is 75.0 Å². The Balaban J connectivity index is 0. The molecular formula is C5H12Br2N2. The van der Waals surface area contributed by atoms with Gasteiger partial charge in [-0.25, -0.2) is 0 Å². The second-order valence-electron chi connectivity index (χ2n) is 1.46. The third-order valence-corrected chi connectivity index (χ3v) is 1.54. The molecule has 0 saturated heterocycles. The molecule has 56 valence electrons. The van der Waals surface area contributed by atoms with Crippen LogP contribution in [0.25, 0.3) is 0 Å². The van der Waals surface area contributed by atoms with Gasteiger partial charge in [-0.1, -0.05) is 0 Å². The van der Waals surface area contributed by atoms with Gasteiger partial charge in [0, 0.05) is 13.1 Å². The Hall–Kier alpha value is 0.430. The summed E-state index contributed by atoms with van der Waals surface area (Å²) in [6.07, 6.45) is 0. The van der Waals surface area contributed by atoms with Crippen LogP contribution in [0.1, 0.15) is 13.8 Å². The lowest BCUT2D eigenvalue weighted by atomic mass is 10.6. The topological polar surface area (TPSA) is 27.1 Å². The Morgan fingerprint density at radius 1 is 1.44 bits per heavy atom. The van der Waals surface area contributed by atoms with Crippen LogP contribution in [0.4, 0.5) is 0 Å². The second-order valence-corrected chi connectivity index (χ2v) is 2.21. The number of nitrogens with zero attached hydrogens (tertiary/aromatic N) is 1. The fourth-order valence-electron chi connectivity index (χ4n) is 0.501. The van der Waals surface area contributed by atoms with Crippen LogP contribution in [-0.4, -0.2) is 22.7 Å². The first-order valence-electron chi connectivity index (χ1n) is 2.71. The maximum atomic E-state index is 7.09. The van der Waals surface area contributed by atoms with E-state index >= 15 is 0 Å². The molecule has 0 amide bonds. The number of hydrogen-bond acceptors (Lipinski definition) is 1. The molecule has 0 rings (SSSR count). The van der Waals surface area contributed by atoms with E-state index in [0.29, 0.717) is 4.74 Å². The summed E-state index contributed by atoms with van der Waals surface area (Å²) in [4.78, 5) is 1.92. The van der Waals surface area contributed by atoms with Crippen LogP contribution in [0.5, 0.6) is 0 Å². The normalized spacial score (nSPS) is 7.89. The van der Waals surface area contributed by atoms with Gasteiger partial charge in [0.05, 0.1) is 0 Å². The van der Waals surface area contributed by atoms with Gasteiger partial charge >= 0.3 is 0 Å². The summed E-state index contributed by atoms with van der Waals surface area (Å²) in [6, 6.07) is 0. The van der Waals surface area contributed by atoms with Crippen LogP contribution >= 0.6 is 32.9 Å². The first-order chi connectivity index (χ1) is 3.72. The summed E-state index contributed by atoms with van der Waals surface area (Å²) in [5, 5.41) is 7.09. The highest BCUT2D eigenvalue weighted by molar-refractivity contribution is 9.18. The van der Waals surface area contributed by atoms with Crippen molar-refractivity contribution < 1.29 is 0 Å². The van der Waals surface area contributed by atoms with Crippen LogP contribution in [0.2, 0.25) is 0 Å². The molecule has 4 heteroatoms. The highest BCUT2D eigenvalue weighted by Crippen LogP contribution is 1.94. The van der Waals surface area contributed by atoms with Gasteiger partial charge in [0.1, 0.15) is 0 Å². The van der Waals surface area contributed by atoms with Gasteiger partial charge in [0.15, 0.2) is 4.74 Å². The molecule has 9 heavy (non-hydrogen) atoms. The zero-order valence-electron chi connectivity index (χ0n) is 5.65. The van der Waals surface area contributed by atoms with Crippen LogP contribution in [0.3, 0.4) is 0 Å². The van der Waals surface area contributed by atoms with Gasteiger partial charge in [-0.05, 0) is 29.8 Å². The largest absolute Gasteiger partial charge is 0.352 e. The first kappa shape index (κ1) is 12.1. The number of hydrogen-bond donors (Lipinski definition) is 1. The molecule has 0 aromatic heterocycles. The van der Waals surface area contributed by atoms with Gasteiger partial charge in [-0.15, -0.1) is 17.0 Å². The SMILES string of the molecule is Br.CCN(CC)C(=N)Br. The molecule has 0 aromatic carbocycles. The monoisotopic (exact) mass is 258 g/mol. The Kier molecular flexibility index (Phi) is 8.83. The third kappa shape index (κ3) is 4.90. The third-order valence-electron chi connectivity index (χ3n) is 1.04. The lowest BCUT2D eigenvalue weighted by molar-refractivity contribution is 0.473. The van der Waals surface area contributed by atoms with Gasteiger partial charge in [-0.2, -0.15) is 0 Å². The van der Waals surface area contributed by atoms with Gasteiger partial charge in [-0.3, -0.25) is 5.41 Å². The van der Waals surface area contributed by atoms with E-state index in [-0.39, 0.29) is 17.0 Å². The molecule has 0 heterocycles. The van der Waals surface area contributed by atoms with Crippen molar-refractivity contribution in [3.63, 3.8) is 0 Å². The Morgan fingerprint density at radius 3 is 1.78 bits per heavy atom. The van der Waals surface area contributed by atoms with E-state index in [1.807, 2.05) is 18.7 Å². The summed E-state index contributed by atoms with van der Waals surface area (Å²) >= 11 is 3.07. The van der Waals surface area contributed by atoms with Crippen molar-refractivity contribution in [3.8, 4) is 0 Å². The molecule has 0 radical (unpaired) electrons. The Morgan fingerprint density at radius 2 is 1.78 bits per heavy atom. The van der Waals surface area contributed by atoms with Crippen molar-refractivity contribution in [2.45, 2.75) is 13.8 Å². The lowest BCUT2D eigenvalue weighted by Crippen LogP contribution is -2.25. The minimum atomic E-state index is 0. The van der Waals surface area contributed by atoms with Crippen LogP contribution in [0.15, 0.2) is 0 Å². The van der Waals surface area contributed by atoms with E-state index in [9.17, 15) is 0 Å². The van der Waals surface area contributed by atoms with Crippen LogP contribution < -0.4 is 0 Å². The van der Waals surface area contributed by atoms with E-state index in [4.69, 9.17) is 5.41 Å². The molecule has 0 aromatic rings. The molecule has 0 aliphatic heterocycles. The van der Waals surface area contributed by atoms with E-state index in [1.54, 1.807) is 0 Å². The number of nitrogens with one attached hydrogen (secondary N) is 1. The van der Waals surface area contributed by atoms with E-state index in [1.165, 1.54) is 0 Å². The van der Waals surface area contributed by atoms with Crippen molar-refractivity contribution in [3.05, 3.63) is 0 Å². The molecule has 0 aliphatic carbocycles. The highest BCUT2D eigenvalue weighted by atomic mass is 79.9. The Bertz CT molecular complexity index is 81.0. The summed E-state index contributed by atoms with van der Waals surface area (Å²) in [7, 11) is 0. The predicted molar refractivity (Wildman–Crippen MR) is 49.9 cm³/mol. The molecule has 0 atom stereocenters. The van der Waals surface area contributed by atoms with Crippen molar-refractivity contribution in [2.24, 2.45) is 0 Å². The standard InChI is InChI=1S/C5H11BrN2.BrH/c1-3-8(4-2)5(6)7;/h7H,3-4H2,1-2H3;1H. The van der Waals surface area contributed by atoms with E-state index in [0.717, 1.165) is 13.1 Å². The zero-order valence-corrected chi connectivity index (χ0v) is 8.95. The van der Waals surface area contributed by atoms with Crippen molar-refractivity contribution in [1.82, 2.24) is 4.90 Å². The second kappa shape index (κ2) is 6.55. The van der Waals surface area contributed by atoms with Gasteiger partial charge in [0.25, 0.3) is 0 Å². The molecule has 2 nitrogen and oxygen atoms in total. The number of amidine groups is 1. The van der Waals surface area contributed by atoms with E-state index in [2.05, 4.69) is 15.9 Å². The minimum Gasteiger partial charge on any atom is -0.352 e. The first-order valence-corrected chi connectivity index (χ1v) is 3.50. The highest BCUT2D eigenvalue weighted by Gasteiger charge is 1.97. The predicted octanol–water partition coefficient (Wildman–Crippen LogP) is 2.24. The van der Waals surface area contributed by atoms with Gasteiger partial charge < -0.3 is 4.90 Å². The molecule has 0 saturated carbocycles.